The van der Waals surface area contributed by atoms with E-state index in [0.717, 1.165) is 16.1 Å². The summed E-state index contributed by atoms with van der Waals surface area (Å²) in [4.78, 5) is 13.1. The quantitative estimate of drug-likeness (QED) is 0.549. The van der Waals surface area contributed by atoms with Crippen LogP contribution < -0.4 is 19.1 Å². The topological polar surface area (TPSA) is 122 Å². The van der Waals surface area contributed by atoms with Gasteiger partial charge in [-0.25, -0.2) is 21.6 Å². The lowest BCUT2D eigenvalue weighted by molar-refractivity contribution is -0.116. The highest BCUT2D eigenvalue weighted by atomic mass is 32.2. The van der Waals surface area contributed by atoms with Crippen LogP contribution in [0.25, 0.3) is 0 Å². The van der Waals surface area contributed by atoms with E-state index in [0.29, 0.717) is 11.3 Å². The van der Waals surface area contributed by atoms with Gasteiger partial charge in [-0.2, -0.15) is 0 Å². The minimum atomic E-state index is -3.82. The van der Waals surface area contributed by atoms with Gasteiger partial charge in [0.1, 0.15) is 11.8 Å². The maximum atomic E-state index is 13.1. The molecule has 1 amide bonds. The molecule has 0 aliphatic carbocycles. The van der Waals surface area contributed by atoms with Crippen molar-refractivity contribution in [2.75, 3.05) is 23.0 Å². The van der Waals surface area contributed by atoms with E-state index in [1.165, 1.54) is 32.2 Å². The van der Waals surface area contributed by atoms with Crippen LogP contribution in [0.4, 0.5) is 11.4 Å². The van der Waals surface area contributed by atoms with Crippen molar-refractivity contribution >= 4 is 37.3 Å². The van der Waals surface area contributed by atoms with Crippen LogP contribution in [0.15, 0.2) is 41.3 Å². The fourth-order valence-electron chi connectivity index (χ4n) is 3.31. The highest BCUT2D eigenvalue weighted by Gasteiger charge is 2.31. The van der Waals surface area contributed by atoms with Gasteiger partial charge in [0.15, 0.2) is 0 Å². The molecule has 0 spiro atoms. The van der Waals surface area contributed by atoms with Crippen LogP contribution in [0.1, 0.15) is 31.9 Å². The van der Waals surface area contributed by atoms with Crippen molar-refractivity contribution in [1.82, 2.24) is 4.72 Å². The van der Waals surface area contributed by atoms with Crippen LogP contribution in [-0.4, -0.2) is 48.2 Å². The first-order chi connectivity index (χ1) is 15.2. The van der Waals surface area contributed by atoms with Crippen molar-refractivity contribution < 1.29 is 26.4 Å². The first-order valence-electron chi connectivity index (χ1n) is 10.2. The van der Waals surface area contributed by atoms with Gasteiger partial charge in [-0.1, -0.05) is 12.1 Å². The molecule has 0 heterocycles. The number of hydrogen-bond acceptors (Lipinski definition) is 6. The summed E-state index contributed by atoms with van der Waals surface area (Å²) < 4.78 is 59.2. The third-order valence-corrected chi connectivity index (χ3v) is 7.70. The summed E-state index contributed by atoms with van der Waals surface area (Å²) in [5.41, 5.74) is 2.03. The number of carbonyl (C=O) groups excluding carboxylic acids is 1. The second-order valence-corrected chi connectivity index (χ2v) is 11.7. The monoisotopic (exact) mass is 497 g/mol. The normalized spacial score (nSPS) is 13.0. The summed E-state index contributed by atoms with van der Waals surface area (Å²) in [6.07, 6.45) is 1.03. The lowest BCUT2D eigenvalue weighted by atomic mass is 10.1. The van der Waals surface area contributed by atoms with Crippen molar-refractivity contribution in [1.29, 1.82) is 0 Å². The van der Waals surface area contributed by atoms with Crippen LogP contribution in [-0.2, 0) is 24.8 Å². The summed E-state index contributed by atoms with van der Waals surface area (Å²) in [5.74, 6) is -0.414. The number of anilines is 2. The Morgan fingerprint density at radius 1 is 1.00 bits per heavy atom. The molecule has 0 fully saturated rings. The van der Waals surface area contributed by atoms with Crippen LogP contribution >= 0.6 is 0 Å². The minimum absolute atomic E-state index is 0.0607. The second-order valence-electron chi connectivity index (χ2n) is 8.15. The average molecular weight is 498 g/mol. The van der Waals surface area contributed by atoms with Crippen LogP contribution in [0.5, 0.6) is 5.75 Å². The van der Waals surface area contributed by atoms with Gasteiger partial charge < -0.3 is 10.1 Å². The Morgan fingerprint density at radius 3 is 2.18 bits per heavy atom. The van der Waals surface area contributed by atoms with E-state index in [1.807, 2.05) is 13.0 Å². The van der Waals surface area contributed by atoms with Gasteiger partial charge in [-0.3, -0.25) is 9.10 Å². The molecule has 9 nitrogen and oxygen atoms in total. The van der Waals surface area contributed by atoms with Crippen LogP contribution in [0.3, 0.4) is 0 Å². The van der Waals surface area contributed by atoms with E-state index in [-0.39, 0.29) is 22.4 Å². The smallest absolute Gasteiger partial charge is 0.248 e. The first-order valence-corrected chi connectivity index (χ1v) is 13.6. The van der Waals surface area contributed by atoms with Crippen LogP contribution in [0, 0.1) is 13.8 Å². The van der Waals surface area contributed by atoms with Crippen molar-refractivity contribution in [2.45, 2.75) is 51.6 Å². The average Bonchev–Trinajstić information content (AvgIpc) is 2.68. The minimum Gasteiger partial charge on any atom is -0.495 e. The van der Waals surface area contributed by atoms with Gasteiger partial charge in [0, 0.05) is 6.04 Å². The zero-order valence-corrected chi connectivity index (χ0v) is 21.5. The zero-order valence-electron chi connectivity index (χ0n) is 19.8. The third-order valence-electron chi connectivity index (χ3n) is 4.82. The van der Waals surface area contributed by atoms with Crippen molar-refractivity contribution in [2.24, 2.45) is 0 Å². The number of methoxy groups -OCH3 is 1. The lowest BCUT2D eigenvalue weighted by Gasteiger charge is -2.30. The molecular weight excluding hydrogens is 466 g/mol. The Hall–Kier alpha value is -2.63. The van der Waals surface area contributed by atoms with E-state index in [9.17, 15) is 21.6 Å². The molecule has 33 heavy (non-hydrogen) atoms. The summed E-state index contributed by atoms with van der Waals surface area (Å²) in [7, 11) is -6.26. The molecule has 0 saturated carbocycles. The molecule has 1 atom stereocenters. The van der Waals surface area contributed by atoms with E-state index in [4.69, 9.17) is 4.74 Å². The van der Waals surface area contributed by atoms with Crippen LogP contribution in [0.2, 0.25) is 0 Å². The fraction of sp³-hybridized carbons (Fsp3) is 0.409. The Morgan fingerprint density at radius 2 is 1.64 bits per heavy atom. The van der Waals surface area contributed by atoms with E-state index >= 15 is 0 Å². The number of amides is 1. The maximum absolute atomic E-state index is 13.1. The molecule has 182 valence electrons. The number of hydrogen-bond donors (Lipinski definition) is 2. The molecule has 0 aromatic heterocycles. The van der Waals surface area contributed by atoms with Crippen molar-refractivity contribution in [3.8, 4) is 5.75 Å². The SMILES string of the molecule is COc1ccc(S(=O)(=O)NC(C)C)cc1NC(=O)[C@H](C)N(c1cc(C)ccc1C)S(C)(=O)=O. The number of carbonyl (C=O) groups is 1. The molecule has 2 rings (SSSR count). The zero-order chi connectivity index (χ0) is 25.1. The highest BCUT2D eigenvalue weighted by Crippen LogP contribution is 2.30. The van der Waals surface area contributed by atoms with Gasteiger partial charge in [-0.15, -0.1) is 0 Å². The van der Waals surface area contributed by atoms with Gasteiger partial charge >= 0.3 is 0 Å². The Kier molecular flexibility index (Phi) is 8.15. The highest BCUT2D eigenvalue weighted by molar-refractivity contribution is 7.92. The molecule has 0 bridgehead atoms. The van der Waals surface area contributed by atoms with Gasteiger partial charge in [0.25, 0.3) is 0 Å². The number of benzene rings is 2. The summed E-state index contributed by atoms with van der Waals surface area (Å²) in [6.45, 7) is 8.44. The Balaban J connectivity index is 2.47. The largest absolute Gasteiger partial charge is 0.495 e. The number of rotatable bonds is 9. The number of nitrogens with zero attached hydrogens (tertiary/aromatic N) is 1. The molecule has 2 N–H and O–H groups in total. The standard InChI is InChI=1S/C22H31N3O6S2/c1-14(2)24-33(29,30)18-10-11-21(31-6)19(13-18)23-22(26)17(5)25(32(7,27)28)20-12-15(3)8-9-16(20)4/h8-14,17,24H,1-7H3,(H,23,26)/t17-/m0/s1. The number of ether oxygens (including phenoxy) is 1. The van der Waals surface area contributed by atoms with Gasteiger partial charge in [0.2, 0.25) is 26.0 Å². The van der Waals surface area contributed by atoms with Crippen molar-refractivity contribution in [3.63, 3.8) is 0 Å². The number of sulfonamides is 2. The molecule has 11 heteroatoms. The molecule has 0 unspecified atom stereocenters. The molecule has 0 radical (unpaired) electrons. The maximum Gasteiger partial charge on any atom is 0.248 e. The Labute approximate surface area is 196 Å². The Bertz CT molecular complexity index is 1240. The first kappa shape index (κ1) is 26.6. The predicted molar refractivity (Wildman–Crippen MR) is 130 cm³/mol. The molecule has 0 aliphatic rings. The number of nitrogens with one attached hydrogen (secondary N) is 2. The third kappa shape index (κ3) is 6.46. The summed E-state index contributed by atoms with van der Waals surface area (Å²) in [6, 6.07) is 7.95. The molecular formula is C22H31N3O6S2. The fourth-order valence-corrected chi connectivity index (χ4v) is 5.81. The summed E-state index contributed by atoms with van der Waals surface area (Å²) >= 11 is 0. The molecule has 0 aliphatic heterocycles. The van der Waals surface area contributed by atoms with Gasteiger partial charge in [-0.05, 0) is 70.0 Å². The second kappa shape index (κ2) is 10.1. The predicted octanol–water partition coefficient (Wildman–Crippen LogP) is 2.79. The molecule has 2 aromatic rings. The number of aryl methyl sites for hydroxylation is 2. The van der Waals surface area contributed by atoms with E-state index < -0.39 is 32.0 Å². The van der Waals surface area contributed by atoms with E-state index in [2.05, 4.69) is 10.0 Å². The molecule has 2 aromatic carbocycles. The van der Waals surface area contributed by atoms with Crippen molar-refractivity contribution in [3.05, 3.63) is 47.5 Å². The van der Waals surface area contributed by atoms with E-state index in [1.54, 1.807) is 32.9 Å². The summed E-state index contributed by atoms with van der Waals surface area (Å²) in [5, 5.41) is 2.62. The molecule has 0 saturated heterocycles. The van der Waals surface area contributed by atoms with Gasteiger partial charge in [0.05, 0.1) is 29.6 Å². The lowest BCUT2D eigenvalue weighted by Crippen LogP contribution is -2.45.